The Bertz CT molecular complexity index is 1230. The van der Waals surface area contributed by atoms with Crippen LogP contribution >= 0.6 is 0 Å². The SMILES string of the molecule is COc1ccccc1-n1c(=O)[nH]c2c(C(N)=O)nc(N[C@H]3CC[C@H](OC(N)=O)CC3)nc21. The molecule has 1 fully saturated rings. The van der Waals surface area contributed by atoms with Gasteiger partial charge in [-0.2, -0.15) is 4.98 Å². The molecule has 3 aromatic rings. The first kappa shape index (κ1) is 21.2. The molecule has 1 aliphatic rings. The number of methoxy groups -OCH3 is 1. The molecule has 12 nitrogen and oxygen atoms in total. The minimum atomic E-state index is -0.799. The van der Waals surface area contributed by atoms with Gasteiger partial charge in [-0.15, -0.1) is 0 Å². The molecule has 2 heterocycles. The van der Waals surface area contributed by atoms with Gasteiger partial charge in [0, 0.05) is 6.04 Å². The number of fused-ring (bicyclic) bond motifs is 1. The summed E-state index contributed by atoms with van der Waals surface area (Å²) in [5.74, 6) is -0.183. The number of carbonyl (C=O) groups is 2. The number of benzene rings is 1. The van der Waals surface area contributed by atoms with Crippen LogP contribution in [0.4, 0.5) is 10.7 Å². The number of carbonyl (C=O) groups excluding carboxylic acids is 2. The van der Waals surface area contributed by atoms with Crippen LogP contribution in [0.2, 0.25) is 0 Å². The molecule has 6 N–H and O–H groups in total. The van der Waals surface area contributed by atoms with Gasteiger partial charge in [0.05, 0.1) is 12.8 Å². The molecule has 0 aliphatic heterocycles. The summed E-state index contributed by atoms with van der Waals surface area (Å²) in [5, 5.41) is 3.20. The fourth-order valence-electron chi connectivity index (χ4n) is 3.94. The van der Waals surface area contributed by atoms with E-state index in [0.29, 0.717) is 37.1 Å². The van der Waals surface area contributed by atoms with Crippen LogP contribution in [0, 0.1) is 0 Å². The standard InChI is InChI=1S/C20H23N7O5/c1-31-13-5-3-2-4-12(13)27-17-15(25-20(27)30)14(16(21)28)24-19(26-17)23-10-6-8-11(9-7-10)32-18(22)29/h2-5,10-11H,6-9H2,1H3,(H2,21,28)(H2,22,29)(H,25,30)(H,23,24,26)/t10-,11-. The van der Waals surface area contributed by atoms with Crippen molar-refractivity contribution in [1.29, 1.82) is 0 Å². The molecule has 2 aromatic heterocycles. The van der Waals surface area contributed by atoms with Gasteiger partial charge in [-0.3, -0.25) is 4.79 Å². The van der Waals surface area contributed by atoms with E-state index in [-0.39, 0.29) is 35.0 Å². The van der Waals surface area contributed by atoms with Gasteiger partial charge in [0.1, 0.15) is 17.4 Å². The molecule has 0 saturated heterocycles. The van der Waals surface area contributed by atoms with Crippen molar-refractivity contribution in [2.24, 2.45) is 11.5 Å². The average Bonchev–Trinajstić information content (AvgIpc) is 3.09. The zero-order valence-corrected chi connectivity index (χ0v) is 17.3. The molecule has 0 bridgehead atoms. The zero-order valence-electron chi connectivity index (χ0n) is 17.3. The predicted molar refractivity (Wildman–Crippen MR) is 115 cm³/mol. The number of para-hydroxylation sites is 2. The van der Waals surface area contributed by atoms with E-state index in [4.69, 9.17) is 20.9 Å². The molecule has 0 spiro atoms. The van der Waals surface area contributed by atoms with E-state index in [9.17, 15) is 14.4 Å². The van der Waals surface area contributed by atoms with Gasteiger partial charge in [-0.05, 0) is 37.8 Å². The van der Waals surface area contributed by atoms with E-state index >= 15 is 0 Å². The molecule has 2 amide bonds. The van der Waals surface area contributed by atoms with Crippen molar-refractivity contribution in [3.63, 3.8) is 0 Å². The summed E-state index contributed by atoms with van der Waals surface area (Å²) in [4.78, 5) is 47.1. The van der Waals surface area contributed by atoms with E-state index in [1.807, 2.05) is 0 Å². The molecule has 12 heteroatoms. The summed E-state index contributed by atoms with van der Waals surface area (Å²) < 4.78 is 11.7. The van der Waals surface area contributed by atoms with Crippen LogP contribution in [-0.2, 0) is 4.74 Å². The lowest BCUT2D eigenvalue weighted by molar-refractivity contribution is 0.0805. The Labute approximate surface area is 181 Å². The maximum Gasteiger partial charge on any atom is 0.404 e. The normalized spacial score (nSPS) is 18.3. The molecular weight excluding hydrogens is 418 g/mol. The molecule has 0 atom stereocenters. The number of rotatable bonds is 6. The first-order valence-electron chi connectivity index (χ1n) is 10.1. The van der Waals surface area contributed by atoms with Crippen molar-refractivity contribution < 1.29 is 19.1 Å². The fraction of sp³-hybridized carbons (Fsp3) is 0.350. The molecule has 32 heavy (non-hydrogen) atoms. The van der Waals surface area contributed by atoms with Crippen molar-refractivity contribution in [3.8, 4) is 11.4 Å². The number of amides is 2. The largest absolute Gasteiger partial charge is 0.495 e. The Hall–Kier alpha value is -4.09. The van der Waals surface area contributed by atoms with Crippen LogP contribution in [-0.4, -0.2) is 50.8 Å². The minimum Gasteiger partial charge on any atom is -0.495 e. The Balaban J connectivity index is 1.71. The number of primary amides is 2. The van der Waals surface area contributed by atoms with E-state index in [2.05, 4.69) is 20.3 Å². The van der Waals surface area contributed by atoms with Gasteiger partial charge in [-0.1, -0.05) is 12.1 Å². The van der Waals surface area contributed by atoms with Gasteiger partial charge >= 0.3 is 11.8 Å². The highest BCUT2D eigenvalue weighted by Crippen LogP contribution is 2.27. The lowest BCUT2D eigenvalue weighted by Gasteiger charge is -2.28. The number of nitrogens with two attached hydrogens (primary N) is 2. The summed E-state index contributed by atoms with van der Waals surface area (Å²) in [6.45, 7) is 0. The third-order valence-electron chi connectivity index (χ3n) is 5.39. The molecular formula is C20H23N7O5. The van der Waals surface area contributed by atoms with Crippen LogP contribution in [0.3, 0.4) is 0 Å². The lowest BCUT2D eigenvalue weighted by atomic mass is 9.93. The van der Waals surface area contributed by atoms with Gasteiger partial charge in [-0.25, -0.2) is 19.1 Å². The van der Waals surface area contributed by atoms with Crippen molar-refractivity contribution in [2.45, 2.75) is 37.8 Å². The average molecular weight is 441 g/mol. The smallest absolute Gasteiger partial charge is 0.404 e. The summed E-state index contributed by atoms with van der Waals surface area (Å²) in [7, 11) is 1.49. The van der Waals surface area contributed by atoms with E-state index < -0.39 is 17.7 Å². The van der Waals surface area contributed by atoms with E-state index in [0.717, 1.165) is 0 Å². The van der Waals surface area contributed by atoms with E-state index in [1.54, 1.807) is 24.3 Å². The number of H-pyrrole nitrogens is 1. The van der Waals surface area contributed by atoms with E-state index in [1.165, 1.54) is 11.7 Å². The molecule has 1 aliphatic carbocycles. The Morgan fingerprint density at radius 3 is 2.53 bits per heavy atom. The number of hydrogen-bond acceptors (Lipinski definition) is 8. The lowest BCUT2D eigenvalue weighted by Crippen LogP contribution is -2.33. The molecule has 0 radical (unpaired) electrons. The number of imidazole rings is 1. The number of nitrogens with zero attached hydrogens (tertiary/aromatic N) is 3. The Morgan fingerprint density at radius 1 is 1.16 bits per heavy atom. The topological polar surface area (TPSA) is 180 Å². The quantitative estimate of drug-likeness (QED) is 0.438. The van der Waals surface area contributed by atoms with Crippen LogP contribution in [0.1, 0.15) is 36.2 Å². The van der Waals surface area contributed by atoms with Crippen molar-refractivity contribution in [1.82, 2.24) is 19.5 Å². The van der Waals surface area contributed by atoms with Gasteiger partial charge in [0.15, 0.2) is 11.3 Å². The first-order valence-corrected chi connectivity index (χ1v) is 10.1. The summed E-state index contributed by atoms with van der Waals surface area (Å²) >= 11 is 0. The second kappa shape index (κ2) is 8.57. The number of hydrogen-bond donors (Lipinski definition) is 4. The maximum absolute atomic E-state index is 12.8. The summed E-state index contributed by atoms with van der Waals surface area (Å²) in [6, 6.07) is 6.92. The third-order valence-corrected chi connectivity index (χ3v) is 5.39. The van der Waals surface area contributed by atoms with Crippen molar-refractivity contribution in [2.75, 3.05) is 12.4 Å². The number of ether oxygens (including phenoxy) is 2. The Kier molecular flexibility index (Phi) is 5.67. The second-order valence-corrected chi connectivity index (χ2v) is 7.45. The molecule has 168 valence electrons. The molecule has 0 unspecified atom stereocenters. The van der Waals surface area contributed by atoms with Crippen LogP contribution in [0.5, 0.6) is 5.75 Å². The number of anilines is 1. The fourth-order valence-corrected chi connectivity index (χ4v) is 3.94. The highest BCUT2D eigenvalue weighted by Gasteiger charge is 2.26. The summed E-state index contributed by atoms with van der Waals surface area (Å²) in [5.41, 5.74) is 10.8. The monoisotopic (exact) mass is 441 g/mol. The molecule has 1 aromatic carbocycles. The summed E-state index contributed by atoms with van der Waals surface area (Å²) in [6.07, 6.45) is 1.59. The minimum absolute atomic E-state index is 0.0220. The van der Waals surface area contributed by atoms with Gasteiger partial charge < -0.3 is 31.2 Å². The predicted octanol–water partition coefficient (Wildman–Crippen LogP) is 1.03. The van der Waals surface area contributed by atoms with Gasteiger partial charge in [0.2, 0.25) is 5.95 Å². The third kappa shape index (κ3) is 4.06. The first-order chi connectivity index (χ1) is 15.4. The van der Waals surface area contributed by atoms with Crippen molar-refractivity contribution in [3.05, 3.63) is 40.4 Å². The highest BCUT2D eigenvalue weighted by atomic mass is 16.6. The second-order valence-electron chi connectivity index (χ2n) is 7.45. The molecule has 4 rings (SSSR count). The van der Waals surface area contributed by atoms with Crippen LogP contribution in [0.25, 0.3) is 16.9 Å². The van der Waals surface area contributed by atoms with Crippen molar-refractivity contribution >= 4 is 29.1 Å². The van der Waals surface area contributed by atoms with Crippen LogP contribution < -0.4 is 27.2 Å². The number of aromatic amines is 1. The Morgan fingerprint density at radius 2 is 1.88 bits per heavy atom. The maximum atomic E-state index is 12.8. The molecule has 1 saturated carbocycles. The van der Waals surface area contributed by atoms with Crippen LogP contribution in [0.15, 0.2) is 29.1 Å². The van der Waals surface area contributed by atoms with Gasteiger partial charge in [0.25, 0.3) is 5.91 Å². The number of nitrogens with one attached hydrogen (secondary N) is 2. The zero-order chi connectivity index (χ0) is 22.8. The number of aromatic nitrogens is 4. The highest BCUT2D eigenvalue weighted by molar-refractivity contribution is 6.02.